The van der Waals surface area contributed by atoms with E-state index in [0.717, 1.165) is 46.1 Å². The van der Waals surface area contributed by atoms with Gasteiger partial charge in [-0.3, -0.25) is 14.3 Å². The number of anilines is 3. The van der Waals surface area contributed by atoms with Crippen LogP contribution in [0.1, 0.15) is 35.0 Å². The van der Waals surface area contributed by atoms with E-state index in [2.05, 4.69) is 37.7 Å². The second-order valence-corrected chi connectivity index (χ2v) is 8.96. The molecule has 1 saturated heterocycles. The third-order valence-electron chi connectivity index (χ3n) is 6.24. The van der Waals surface area contributed by atoms with Crippen molar-refractivity contribution >= 4 is 28.9 Å². The van der Waals surface area contributed by atoms with Gasteiger partial charge in [-0.25, -0.2) is 9.78 Å². The molecule has 6 rings (SSSR count). The second kappa shape index (κ2) is 10.1. The van der Waals surface area contributed by atoms with Crippen LogP contribution in [0.5, 0.6) is 0 Å². The lowest BCUT2D eigenvalue weighted by Crippen LogP contribution is -2.33. The Balaban J connectivity index is 1.18. The van der Waals surface area contributed by atoms with Gasteiger partial charge in [0.15, 0.2) is 11.5 Å². The largest absolute Gasteiger partial charge is 0.346 e. The number of aromatic amines is 1. The Labute approximate surface area is 219 Å². The van der Waals surface area contributed by atoms with E-state index in [1.54, 1.807) is 6.20 Å². The van der Waals surface area contributed by atoms with E-state index < -0.39 is 0 Å². The predicted molar refractivity (Wildman–Crippen MR) is 145 cm³/mol. The fourth-order valence-electron chi connectivity index (χ4n) is 4.46. The van der Waals surface area contributed by atoms with Gasteiger partial charge in [0, 0.05) is 35.6 Å². The van der Waals surface area contributed by atoms with Gasteiger partial charge in [-0.1, -0.05) is 42.3 Å². The average molecular weight is 504 g/mol. The molecule has 2 amide bonds. The number of nitrogens with zero attached hydrogens (tertiary/aromatic N) is 4. The predicted octanol–water partition coefficient (Wildman–Crippen LogP) is 5.42. The Morgan fingerprint density at radius 2 is 1.97 bits per heavy atom. The summed E-state index contributed by atoms with van der Waals surface area (Å²) in [7, 11) is 0. The normalized spacial score (nSPS) is 14.8. The SMILES string of the molecule is Cc1cc(Nc2cccn3c(C#Cc4cccc(NC(=O)N5OCC[C@H]5c5ccccc5)c4)cnc23)n[nH]1. The number of hydroxylamine groups is 2. The van der Waals surface area contributed by atoms with Gasteiger partial charge in [-0.15, -0.1) is 0 Å². The third kappa shape index (κ3) is 4.81. The molecule has 0 unspecified atom stereocenters. The summed E-state index contributed by atoms with van der Waals surface area (Å²) < 4.78 is 1.93. The van der Waals surface area contributed by atoms with Crippen molar-refractivity contribution in [2.45, 2.75) is 19.4 Å². The molecule has 0 spiro atoms. The van der Waals surface area contributed by atoms with Crippen LogP contribution in [0.3, 0.4) is 0 Å². The Bertz CT molecular complexity index is 1660. The van der Waals surface area contributed by atoms with Crippen molar-refractivity contribution in [3.05, 3.63) is 108 Å². The molecule has 0 bridgehead atoms. The van der Waals surface area contributed by atoms with E-state index in [0.29, 0.717) is 12.3 Å². The van der Waals surface area contributed by atoms with Crippen LogP contribution in [-0.2, 0) is 4.84 Å². The summed E-state index contributed by atoms with van der Waals surface area (Å²) in [6.45, 7) is 2.44. The van der Waals surface area contributed by atoms with Crippen LogP contribution in [0.15, 0.2) is 85.2 Å². The van der Waals surface area contributed by atoms with Crippen LogP contribution in [-0.4, -0.2) is 37.3 Å². The fraction of sp³-hybridized carbons (Fsp3) is 0.138. The number of aryl methyl sites for hydroxylation is 1. The Morgan fingerprint density at radius 3 is 2.82 bits per heavy atom. The van der Waals surface area contributed by atoms with Crippen molar-refractivity contribution in [2.24, 2.45) is 0 Å². The zero-order valence-corrected chi connectivity index (χ0v) is 20.7. The first-order chi connectivity index (χ1) is 18.6. The van der Waals surface area contributed by atoms with Crippen LogP contribution in [0.4, 0.5) is 22.0 Å². The number of imidazole rings is 1. The number of aromatic nitrogens is 4. The molecule has 188 valence electrons. The molecule has 38 heavy (non-hydrogen) atoms. The molecule has 1 aliphatic heterocycles. The number of hydrogen-bond acceptors (Lipinski definition) is 5. The number of nitrogens with one attached hydrogen (secondary N) is 3. The molecule has 9 heteroatoms. The smallest absolute Gasteiger partial charge is 0.336 e. The van der Waals surface area contributed by atoms with Crippen LogP contribution < -0.4 is 10.6 Å². The minimum absolute atomic E-state index is 0.120. The van der Waals surface area contributed by atoms with E-state index in [1.165, 1.54) is 5.06 Å². The van der Waals surface area contributed by atoms with Crippen molar-refractivity contribution in [3.8, 4) is 11.8 Å². The van der Waals surface area contributed by atoms with Crippen molar-refractivity contribution in [1.82, 2.24) is 24.6 Å². The second-order valence-electron chi connectivity index (χ2n) is 8.96. The molecule has 1 fully saturated rings. The standard InChI is InChI=1S/C29H25N7O2/c1-20-17-27(34-33-20)32-25-11-6-15-35-24(19-30-28(25)35)13-12-21-7-5-10-23(18-21)31-29(37)36-26(14-16-38-36)22-8-3-2-4-9-22/h2-11,15,17-19,26H,14,16H2,1H3,(H,31,37)(H2,32,33,34)/t26-/m0/s1. The van der Waals surface area contributed by atoms with Gasteiger partial charge in [0.1, 0.15) is 5.69 Å². The number of carbonyl (C=O) groups is 1. The summed E-state index contributed by atoms with van der Waals surface area (Å²) >= 11 is 0. The lowest BCUT2D eigenvalue weighted by atomic mass is 10.1. The highest BCUT2D eigenvalue weighted by molar-refractivity contribution is 5.89. The van der Waals surface area contributed by atoms with E-state index >= 15 is 0 Å². The molecule has 9 nitrogen and oxygen atoms in total. The topological polar surface area (TPSA) is 99.6 Å². The Hall–Kier alpha value is -5.07. The number of fused-ring (bicyclic) bond motifs is 1. The number of urea groups is 1. The monoisotopic (exact) mass is 503 g/mol. The van der Waals surface area contributed by atoms with Gasteiger partial charge in [0.05, 0.1) is 24.5 Å². The molecule has 0 aliphatic carbocycles. The van der Waals surface area contributed by atoms with E-state index in [-0.39, 0.29) is 12.1 Å². The summed E-state index contributed by atoms with van der Waals surface area (Å²) in [5, 5.41) is 14.8. The molecule has 0 saturated carbocycles. The highest BCUT2D eigenvalue weighted by Crippen LogP contribution is 2.30. The van der Waals surface area contributed by atoms with Gasteiger partial charge in [0.2, 0.25) is 0 Å². The molecular weight excluding hydrogens is 478 g/mol. The summed E-state index contributed by atoms with van der Waals surface area (Å²) in [6, 6.07) is 22.7. The van der Waals surface area contributed by atoms with Crippen LogP contribution in [0.25, 0.3) is 5.65 Å². The number of H-pyrrole nitrogens is 1. The van der Waals surface area contributed by atoms with Crippen molar-refractivity contribution in [2.75, 3.05) is 17.2 Å². The molecule has 1 atom stereocenters. The van der Waals surface area contributed by atoms with Gasteiger partial charge in [-0.05, 0) is 48.7 Å². The lowest BCUT2D eigenvalue weighted by molar-refractivity contribution is -0.0829. The van der Waals surface area contributed by atoms with Crippen molar-refractivity contribution < 1.29 is 9.63 Å². The highest BCUT2D eigenvalue weighted by Gasteiger charge is 2.31. The first kappa shape index (κ1) is 23.3. The van der Waals surface area contributed by atoms with Crippen molar-refractivity contribution in [1.29, 1.82) is 0 Å². The van der Waals surface area contributed by atoms with Gasteiger partial charge in [-0.2, -0.15) is 10.2 Å². The summed E-state index contributed by atoms with van der Waals surface area (Å²) in [5.74, 6) is 7.10. The number of amides is 2. The van der Waals surface area contributed by atoms with Gasteiger partial charge < -0.3 is 10.6 Å². The minimum Gasteiger partial charge on any atom is -0.336 e. The Kier molecular flexibility index (Phi) is 6.22. The highest BCUT2D eigenvalue weighted by atomic mass is 16.7. The molecule has 2 aromatic carbocycles. The number of rotatable bonds is 4. The maximum Gasteiger partial charge on any atom is 0.346 e. The number of carbonyl (C=O) groups excluding carboxylic acids is 1. The first-order valence-corrected chi connectivity index (χ1v) is 12.3. The lowest BCUT2D eigenvalue weighted by Gasteiger charge is -2.23. The van der Waals surface area contributed by atoms with E-state index in [1.807, 2.05) is 90.3 Å². The maximum absolute atomic E-state index is 13.0. The number of pyridine rings is 1. The molecule has 4 heterocycles. The maximum atomic E-state index is 13.0. The van der Waals surface area contributed by atoms with Gasteiger partial charge in [0.25, 0.3) is 0 Å². The van der Waals surface area contributed by atoms with Crippen molar-refractivity contribution in [3.63, 3.8) is 0 Å². The molecular formula is C29H25N7O2. The number of benzene rings is 2. The zero-order valence-electron chi connectivity index (χ0n) is 20.7. The average Bonchev–Trinajstić information content (AvgIpc) is 3.69. The van der Waals surface area contributed by atoms with E-state index in [4.69, 9.17) is 4.84 Å². The number of hydrogen-bond donors (Lipinski definition) is 3. The van der Waals surface area contributed by atoms with Gasteiger partial charge >= 0.3 is 6.03 Å². The fourth-order valence-corrected chi connectivity index (χ4v) is 4.46. The molecule has 5 aromatic rings. The summed E-state index contributed by atoms with van der Waals surface area (Å²) in [5.41, 5.74) is 5.74. The molecule has 1 aliphatic rings. The molecule has 0 radical (unpaired) electrons. The van der Waals surface area contributed by atoms with Crippen LogP contribution in [0, 0.1) is 18.8 Å². The Morgan fingerprint density at radius 1 is 1.08 bits per heavy atom. The minimum atomic E-state index is -0.310. The summed E-state index contributed by atoms with van der Waals surface area (Å²) in [4.78, 5) is 23.2. The first-order valence-electron chi connectivity index (χ1n) is 12.3. The summed E-state index contributed by atoms with van der Waals surface area (Å²) in [6.07, 6.45) is 4.41. The molecule has 3 aromatic heterocycles. The quantitative estimate of drug-likeness (QED) is 0.285. The van der Waals surface area contributed by atoms with Crippen LogP contribution in [0.2, 0.25) is 0 Å². The third-order valence-corrected chi connectivity index (χ3v) is 6.24. The van der Waals surface area contributed by atoms with Crippen LogP contribution >= 0.6 is 0 Å². The zero-order chi connectivity index (χ0) is 25.9. The van der Waals surface area contributed by atoms with E-state index in [9.17, 15) is 4.79 Å². The molecule has 3 N–H and O–H groups in total.